The fourth-order valence-electron chi connectivity index (χ4n) is 2.28. The first kappa shape index (κ1) is 21.7. The second-order valence-electron chi connectivity index (χ2n) is 5.28. The molecule has 2 rings (SSSR count). The number of guanidine groups is 1. The third-order valence-electron chi connectivity index (χ3n) is 3.57. The van der Waals surface area contributed by atoms with Gasteiger partial charge in [0.15, 0.2) is 5.96 Å². The van der Waals surface area contributed by atoms with Crippen LogP contribution in [0.1, 0.15) is 23.6 Å². The van der Waals surface area contributed by atoms with Crippen molar-refractivity contribution in [1.29, 1.82) is 5.26 Å². The van der Waals surface area contributed by atoms with Crippen LogP contribution in [0.25, 0.3) is 0 Å². The van der Waals surface area contributed by atoms with Gasteiger partial charge in [-0.3, -0.25) is 0 Å². The zero-order chi connectivity index (χ0) is 18.1. The monoisotopic (exact) mass is 468 g/mol. The van der Waals surface area contributed by atoms with Gasteiger partial charge in [-0.1, -0.05) is 24.3 Å². The van der Waals surface area contributed by atoms with E-state index in [0.717, 1.165) is 11.3 Å². The van der Waals surface area contributed by atoms with E-state index in [4.69, 9.17) is 10.00 Å². The average molecular weight is 468 g/mol. The minimum absolute atomic E-state index is 0. The number of para-hydroxylation sites is 1. The van der Waals surface area contributed by atoms with Crippen molar-refractivity contribution in [3.05, 3.63) is 65.0 Å². The lowest BCUT2D eigenvalue weighted by molar-refractivity contribution is 0.410. The smallest absolute Gasteiger partial charge is 0.191 e. The van der Waals surface area contributed by atoms with Crippen LogP contribution in [0.3, 0.4) is 0 Å². The minimum Gasteiger partial charge on any atom is -0.496 e. The molecule has 7 heteroatoms. The predicted octanol–water partition coefficient (Wildman–Crippen LogP) is 3.58. The topological polar surface area (TPSA) is 69.4 Å². The molecule has 0 aliphatic carbocycles. The number of aliphatic imine (C=N–C) groups is 1. The molecule has 0 aromatic heterocycles. The van der Waals surface area contributed by atoms with Crippen molar-refractivity contribution in [1.82, 2.24) is 10.6 Å². The molecule has 0 saturated heterocycles. The normalized spacial score (nSPS) is 10.5. The van der Waals surface area contributed by atoms with Gasteiger partial charge in [-0.25, -0.2) is 9.38 Å². The largest absolute Gasteiger partial charge is 0.496 e. The average Bonchev–Trinajstić information content (AvgIpc) is 2.64. The van der Waals surface area contributed by atoms with E-state index in [9.17, 15) is 4.39 Å². The van der Waals surface area contributed by atoms with Gasteiger partial charge in [-0.15, -0.1) is 24.0 Å². The summed E-state index contributed by atoms with van der Waals surface area (Å²) in [6.45, 7) is 3.36. The molecule has 26 heavy (non-hydrogen) atoms. The third kappa shape index (κ3) is 6.19. The summed E-state index contributed by atoms with van der Waals surface area (Å²) in [6.07, 6.45) is 0. The minimum atomic E-state index is -0.410. The van der Waals surface area contributed by atoms with Crippen LogP contribution in [0.15, 0.2) is 47.5 Å². The summed E-state index contributed by atoms with van der Waals surface area (Å²) < 4.78 is 19.3. The summed E-state index contributed by atoms with van der Waals surface area (Å²) >= 11 is 0. The molecule has 0 unspecified atom stereocenters. The van der Waals surface area contributed by atoms with Crippen molar-refractivity contribution in [2.75, 3.05) is 13.7 Å². The molecule has 2 aromatic carbocycles. The maximum atomic E-state index is 14.0. The van der Waals surface area contributed by atoms with Gasteiger partial charge in [0.2, 0.25) is 0 Å². The van der Waals surface area contributed by atoms with Crippen LogP contribution in [0, 0.1) is 17.1 Å². The standard InChI is InChI=1S/C19H21FN4O.HI/c1-3-22-19(24-13-16-6-4-5-7-18(16)25-2)23-12-15-9-8-14(11-21)10-17(15)20;/h4-10H,3,12-13H2,1-2H3,(H2,22,23,24);1H. The zero-order valence-electron chi connectivity index (χ0n) is 14.8. The second kappa shape index (κ2) is 11.3. The molecule has 0 spiro atoms. The highest BCUT2D eigenvalue weighted by Crippen LogP contribution is 2.18. The molecule has 0 atom stereocenters. The van der Waals surface area contributed by atoms with E-state index in [1.54, 1.807) is 19.2 Å². The number of hydrogen-bond acceptors (Lipinski definition) is 3. The lowest BCUT2D eigenvalue weighted by Crippen LogP contribution is -2.37. The Labute approximate surface area is 170 Å². The molecule has 2 N–H and O–H groups in total. The summed E-state index contributed by atoms with van der Waals surface area (Å²) in [5, 5.41) is 15.0. The third-order valence-corrected chi connectivity index (χ3v) is 3.57. The lowest BCUT2D eigenvalue weighted by Gasteiger charge is -2.12. The van der Waals surface area contributed by atoms with Gasteiger partial charge in [0.25, 0.3) is 0 Å². The van der Waals surface area contributed by atoms with Crippen molar-refractivity contribution >= 4 is 29.9 Å². The number of nitrogens with zero attached hydrogens (tertiary/aromatic N) is 2. The molecule has 0 amide bonds. The van der Waals surface area contributed by atoms with E-state index in [0.29, 0.717) is 30.2 Å². The van der Waals surface area contributed by atoms with Gasteiger partial charge in [0.05, 0.1) is 25.3 Å². The first-order valence-electron chi connectivity index (χ1n) is 8.00. The Morgan fingerprint density at radius 1 is 1.19 bits per heavy atom. The van der Waals surface area contributed by atoms with Crippen LogP contribution < -0.4 is 15.4 Å². The Kier molecular flexibility index (Phi) is 9.44. The van der Waals surface area contributed by atoms with E-state index < -0.39 is 5.82 Å². The SMILES string of the molecule is CCNC(=NCc1ccccc1OC)NCc1ccc(C#N)cc1F.I. The number of methoxy groups -OCH3 is 1. The molecule has 2 aromatic rings. The Morgan fingerprint density at radius 2 is 1.96 bits per heavy atom. The zero-order valence-corrected chi connectivity index (χ0v) is 17.1. The Balaban J connectivity index is 0.00000338. The van der Waals surface area contributed by atoms with Gasteiger partial charge < -0.3 is 15.4 Å². The number of hydrogen-bond donors (Lipinski definition) is 2. The molecule has 0 aliphatic rings. The molecular weight excluding hydrogens is 446 g/mol. The van der Waals surface area contributed by atoms with Gasteiger partial charge in [0, 0.05) is 24.2 Å². The lowest BCUT2D eigenvalue weighted by atomic mass is 10.1. The van der Waals surface area contributed by atoms with Gasteiger partial charge in [-0.05, 0) is 25.1 Å². The Bertz CT molecular complexity index is 789. The molecule has 0 saturated carbocycles. The highest BCUT2D eigenvalue weighted by atomic mass is 127. The second-order valence-corrected chi connectivity index (χ2v) is 5.28. The molecule has 0 radical (unpaired) electrons. The molecule has 138 valence electrons. The summed E-state index contributed by atoms with van der Waals surface area (Å²) in [6, 6.07) is 14.0. The molecular formula is C19H22FIN4O. The predicted molar refractivity (Wildman–Crippen MR) is 111 cm³/mol. The summed E-state index contributed by atoms with van der Waals surface area (Å²) in [5.74, 6) is 0.949. The highest BCUT2D eigenvalue weighted by molar-refractivity contribution is 14.0. The van der Waals surface area contributed by atoms with E-state index in [1.165, 1.54) is 6.07 Å². The first-order valence-corrected chi connectivity index (χ1v) is 8.00. The Morgan fingerprint density at radius 3 is 2.62 bits per heavy atom. The number of rotatable bonds is 6. The van der Waals surface area contributed by atoms with Crippen molar-refractivity contribution in [3.63, 3.8) is 0 Å². The van der Waals surface area contributed by atoms with Crippen molar-refractivity contribution in [3.8, 4) is 11.8 Å². The maximum absolute atomic E-state index is 14.0. The van der Waals surface area contributed by atoms with E-state index in [2.05, 4.69) is 15.6 Å². The quantitative estimate of drug-likeness (QED) is 0.387. The van der Waals surface area contributed by atoms with Crippen molar-refractivity contribution in [2.45, 2.75) is 20.0 Å². The number of ether oxygens (including phenoxy) is 1. The summed E-state index contributed by atoms with van der Waals surface area (Å²) in [7, 11) is 1.62. The van der Waals surface area contributed by atoms with Crippen LogP contribution in [-0.4, -0.2) is 19.6 Å². The maximum Gasteiger partial charge on any atom is 0.191 e. The fraction of sp³-hybridized carbons (Fsp3) is 0.263. The van der Waals surface area contributed by atoms with E-state index in [-0.39, 0.29) is 30.5 Å². The molecule has 0 aliphatic heterocycles. The van der Waals surface area contributed by atoms with Crippen molar-refractivity contribution < 1.29 is 9.13 Å². The van der Waals surface area contributed by atoms with Crippen LogP contribution in [-0.2, 0) is 13.1 Å². The molecule has 0 fully saturated rings. The number of halogens is 2. The first-order chi connectivity index (χ1) is 12.2. The van der Waals surface area contributed by atoms with Crippen LogP contribution in [0.2, 0.25) is 0 Å². The highest BCUT2D eigenvalue weighted by Gasteiger charge is 2.06. The van der Waals surface area contributed by atoms with Gasteiger partial charge in [-0.2, -0.15) is 5.26 Å². The summed E-state index contributed by atoms with van der Waals surface area (Å²) in [4.78, 5) is 4.51. The van der Waals surface area contributed by atoms with E-state index in [1.807, 2.05) is 37.3 Å². The van der Waals surface area contributed by atoms with Gasteiger partial charge >= 0.3 is 0 Å². The number of nitriles is 1. The van der Waals surface area contributed by atoms with E-state index >= 15 is 0 Å². The van der Waals surface area contributed by atoms with Crippen LogP contribution in [0.5, 0.6) is 5.75 Å². The fourth-order valence-corrected chi connectivity index (χ4v) is 2.28. The summed E-state index contributed by atoms with van der Waals surface area (Å²) in [5.41, 5.74) is 1.74. The van der Waals surface area contributed by atoms with Gasteiger partial charge in [0.1, 0.15) is 11.6 Å². The van der Waals surface area contributed by atoms with Crippen molar-refractivity contribution in [2.24, 2.45) is 4.99 Å². The molecule has 0 heterocycles. The number of benzene rings is 2. The Hall–Kier alpha value is -2.34. The molecule has 5 nitrogen and oxygen atoms in total. The van der Waals surface area contributed by atoms with Crippen LogP contribution in [0.4, 0.5) is 4.39 Å². The van der Waals surface area contributed by atoms with Crippen LogP contribution >= 0.6 is 24.0 Å². The number of nitrogens with one attached hydrogen (secondary N) is 2. The molecule has 0 bridgehead atoms.